The van der Waals surface area contributed by atoms with Gasteiger partial charge < -0.3 is 15.2 Å². The molecule has 0 saturated heterocycles. The second kappa shape index (κ2) is 5.34. The summed E-state index contributed by atoms with van der Waals surface area (Å²) >= 11 is 0. The molecule has 17 heavy (non-hydrogen) atoms. The van der Waals surface area contributed by atoms with E-state index in [4.69, 9.17) is 4.52 Å². The van der Waals surface area contributed by atoms with Crippen LogP contribution >= 0.6 is 0 Å². The normalized spacial score (nSPS) is 10.2. The largest absolute Gasteiger partial charge is 0.370 e. The highest BCUT2D eigenvalue weighted by Crippen LogP contribution is 2.11. The van der Waals surface area contributed by atoms with Crippen molar-refractivity contribution >= 4 is 11.6 Å². The predicted molar refractivity (Wildman–Crippen MR) is 67.0 cm³/mol. The Morgan fingerprint density at radius 1 is 1.24 bits per heavy atom. The molecule has 5 nitrogen and oxygen atoms in total. The van der Waals surface area contributed by atoms with Gasteiger partial charge in [0.25, 0.3) is 0 Å². The first-order chi connectivity index (χ1) is 8.28. The van der Waals surface area contributed by atoms with Crippen molar-refractivity contribution in [3.63, 3.8) is 0 Å². The van der Waals surface area contributed by atoms with Crippen LogP contribution in [0.3, 0.4) is 0 Å². The van der Waals surface area contributed by atoms with Crippen LogP contribution in [0.15, 0.2) is 28.8 Å². The quantitative estimate of drug-likeness (QED) is 0.829. The van der Waals surface area contributed by atoms with Crippen molar-refractivity contribution < 1.29 is 4.52 Å². The first-order valence-electron chi connectivity index (χ1n) is 5.65. The molecule has 0 fully saturated rings. The molecule has 2 aromatic rings. The van der Waals surface area contributed by atoms with Gasteiger partial charge in [0.2, 0.25) is 0 Å². The topological polar surface area (TPSA) is 63.0 Å². The Bertz CT molecular complexity index is 481. The van der Waals surface area contributed by atoms with Crippen molar-refractivity contribution in [3.05, 3.63) is 35.7 Å². The van der Waals surface area contributed by atoms with E-state index in [1.54, 1.807) is 0 Å². The Labute approximate surface area is 100 Å². The summed E-state index contributed by atoms with van der Waals surface area (Å²) in [6, 6.07) is 7.72. The number of hydrogen-bond acceptors (Lipinski definition) is 5. The first-order valence-corrected chi connectivity index (χ1v) is 5.65. The molecule has 2 aromatic heterocycles. The Morgan fingerprint density at radius 2 is 2.00 bits per heavy atom. The van der Waals surface area contributed by atoms with Crippen LogP contribution in [0.5, 0.6) is 0 Å². The van der Waals surface area contributed by atoms with Gasteiger partial charge in [-0.3, -0.25) is 0 Å². The fourth-order valence-corrected chi connectivity index (χ4v) is 1.49. The number of aromatic nitrogens is 2. The van der Waals surface area contributed by atoms with Crippen LogP contribution in [0.2, 0.25) is 0 Å². The highest BCUT2D eigenvalue weighted by atomic mass is 16.5. The second-order valence-electron chi connectivity index (χ2n) is 3.73. The van der Waals surface area contributed by atoms with Crippen LogP contribution in [-0.2, 0) is 6.54 Å². The maximum atomic E-state index is 5.11. The third-order valence-electron chi connectivity index (χ3n) is 2.23. The Balaban J connectivity index is 1.96. The van der Waals surface area contributed by atoms with Gasteiger partial charge in [-0.15, -0.1) is 0 Å². The van der Waals surface area contributed by atoms with Crippen LogP contribution in [0.25, 0.3) is 0 Å². The van der Waals surface area contributed by atoms with E-state index in [1.807, 2.05) is 38.1 Å². The molecule has 0 aliphatic heterocycles. The monoisotopic (exact) mass is 232 g/mol. The minimum atomic E-state index is 0.587. The third kappa shape index (κ3) is 3.21. The molecule has 0 saturated carbocycles. The molecule has 0 bridgehead atoms. The summed E-state index contributed by atoms with van der Waals surface area (Å²) in [4.78, 5) is 4.40. The summed E-state index contributed by atoms with van der Waals surface area (Å²) < 4.78 is 5.11. The van der Waals surface area contributed by atoms with Gasteiger partial charge in [-0.1, -0.05) is 11.2 Å². The number of hydrogen-bond donors (Lipinski definition) is 2. The lowest BCUT2D eigenvalue weighted by molar-refractivity contribution is 0.384. The zero-order valence-electron chi connectivity index (χ0n) is 10.0. The van der Waals surface area contributed by atoms with E-state index in [2.05, 4.69) is 20.8 Å². The minimum Gasteiger partial charge on any atom is -0.370 e. The van der Waals surface area contributed by atoms with E-state index in [9.17, 15) is 0 Å². The van der Waals surface area contributed by atoms with E-state index >= 15 is 0 Å². The number of aryl methyl sites for hydroxylation is 1. The molecule has 0 aliphatic rings. The van der Waals surface area contributed by atoms with Crippen LogP contribution in [0, 0.1) is 6.92 Å². The molecule has 5 heteroatoms. The van der Waals surface area contributed by atoms with E-state index in [0.29, 0.717) is 6.54 Å². The molecule has 2 heterocycles. The maximum absolute atomic E-state index is 5.11. The van der Waals surface area contributed by atoms with Crippen molar-refractivity contribution in [2.45, 2.75) is 20.4 Å². The van der Waals surface area contributed by atoms with Gasteiger partial charge in [-0.05, 0) is 26.0 Å². The summed E-state index contributed by atoms with van der Waals surface area (Å²) in [6.45, 7) is 5.39. The van der Waals surface area contributed by atoms with E-state index in [1.165, 1.54) is 0 Å². The van der Waals surface area contributed by atoms with Crippen molar-refractivity contribution in [2.75, 3.05) is 17.2 Å². The molecule has 0 amide bonds. The molecular weight excluding hydrogens is 216 g/mol. The van der Waals surface area contributed by atoms with Gasteiger partial charge in [-0.2, -0.15) is 0 Å². The van der Waals surface area contributed by atoms with Crippen molar-refractivity contribution in [2.24, 2.45) is 0 Å². The van der Waals surface area contributed by atoms with Gasteiger partial charge in [0, 0.05) is 12.6 Å². The van der Waals surface area contributed by atoms with E-state index < -0.39 is 0 Å². The standard InChI is InChI=1S/C12H16N4O/c1-3-13-11-5-4-6-12(15-11)14-8-10-7-9(2)16-17-10/h4-7H,3,8H2,1-2H3,(H2,13,14,15). The van der Waals surface area contributed by atoms with Gasteiger partial charge in [0.15, 0.2) is 5.76 Å². The fourth-order valence-electron chi connectivity index (χ4n) is 1.49. The smallest absolute Gasteiger partial charge is 0.156 e. The van der Waals surface area contributed by atoms with Gasteiger partial charge >= 0.3 is 0 Å². The molecule has 0 aliphatic carbocycles. The summed E-state index contributed by atoms with van der Waals surface area (Å²) in [5.74, 6) is 2.49. The van der Waals surface area contributed by atoms with Crippen LogP contribution in [0.4, 0.5) is 11.6 Å². The van der Waals surface area contributed by atoms with Gasteiger partial charge in [-0.25, -0.2) is 4.98 Å². The lowest BCUT2D eigenvalue weighted by atomic mass is 10.3. The summed E-state index contributed by atoms with van der Waals surface area (Å²) in [6.07, 6.45) is 0. The lowest BCUT2D eigenvalue weighted by Crippen LogP contribution is -2.03. The highest BCUT2D eigenvalue weighted by Gasteiger charge is 2.01. The third-order valence-corrected chi connectivity index (χ3v) is 2.23. The maximum Gasteiger partial charge on any atom is 0.156 e. The zero-order valence-corrected chi connectivity index (χ0v) is 10.0. The summed E-state index contributed by atoms with van der Waals surface area (Å²) in [7, 11) is 0. The lowest BCUT2D eigenvalue weighted by Gasteiger charge is -2.06. The SMILES string of the molecule is CCNc1cccc(NCc2cc(C)no2)n1. The Kier molecular flexibility index (Phi) is 3.59. The van der Waals surface area contributed by atoms with Crippen LogP contribution in [-0.4, -0.2) is 16.7 Å². The van der Waals surface area contributed by atoms with E-state index in [-0.39, 0.29) is 0 Å². The van der Waals surface area contributed by atoms with Crippen LogP contribution in [0.1, 0.15) is 18.4 Å². The van der Waals surface area contributed by atoms with Crippen molar-refractivity contribution in [1.82, 2.24) is 10.1 Å². The first kappa shape index (κ1) is 11.4. The van der Waals surface area contributed by atoms with Crippen molar-refractivity contribution in [3.8, 4) is 0 Å². The fraction of sp³-hybridized carbons (Fsp3) is 0.333. The van der Waals surface area contributed by atoms with E-state index in [0.717, 1.165) is 29.6 Å². The molecule has 2 N–H and O–H groups in total. The van der Waals surface area contributed by atoms with Gasteiger partial charge in [0.05, 0.1) is 12.2 Å². The number of pyridine rings is 1. The summed E-state index contributed by atoms with van der Waals surface area (Å²) in [5, 5.41) is 10.2. The molecule has 2 rings (SSSR count). The molecular formula is C12H16N4O. The molecule has 0 aromatic carbocycles. The summed E-state index contributed by atoms with van der Waals surface area (Å²) in [5.41, 5.74) is 0.885. The number of nitrogens with zero attached hydrogens (tertiary/aromatic N) is 2. The molecule has 0 spiro atoms. The Hall–Kier alpha value is -2.04. The minimum absolute atomic E-state index is 0.587. The zero-order chi connectivity index (χ0) is 12.1. The second-order valence-corrected chi connectivity index (χ2v) is 3.73. The molecule has 0 atom stereocenters. The average Bonchev–Trinajstić information content (AvgIpc) is 2.74. The molecule has 90 valence electrons. The number of nitrogens with one attached hydrogen (secondary N) is 2. The predicted octanol–water partition coefficient (Wildman–Crippen LogP) is 2.42. The van der Waals surface area contributed by atoms with Crippen molar-refractivity contribution in [1.29, 1.82) is 0 Å². The number of rotatable bonds is 5. The molecule has 0 radical (unpaired) electrons. The highest BCUT2D eigenvalue weighted by molar-refractivity contribution is 5.45. The number of anilines is 2. The Morgan fingerprint density at radius 3 is 2.65 bits per heavy atom. The van der Waals surface area contributed by atoms with Gasteiger partial charge in [0.1, 0.15) is 11.6 Å². The molecule has 0 unspecified atom stereocenters. The average molecular weight is 232 g/mol. The van der Waals surface area contributed by atoms with Crippen LogP contribution < -0.4 is 10.6 Å².